The monoisotopic (exact) mass is 439 g/mol. The molecule has 1 aliphatic heterocycles. The highest BCUT2D eigenvalue weighted by Gasteiger charge is 2.34. The van der Waals surface area contributed by atoms with Crippen LogP contribution in [0.1, 0.15) is 41.3 Å². The van der Waals surface area contributed by atoms with Crippen molar-refractivity contribution in [1.82, 2.24) is 14.8 Å². The van der Waals surface area contributed by atoms with Gasteiger partial charge in [-0.05, 0) is 49.4 Å². The number of likely N-dealkylation sites (tertiary alicyclic amines) is 1. The number of nitrogens with zero attached hydrogens (tertiary/aromatic N) is 3. The SMILES string of the molecule is COCCOC(=O)N1CCC(C(=O)N(C)C(c2ccccc2C)c2ncccc2C)CC1. The minimum atomic E-state index is -0.344. The van der Waals surface area contributed by atoms with Gasteiger partial charge in [-0.1, -0.05) is 30.3 Å². The van der Waals surface area contributed by atoms with Crippen LogP contribution in [0.3, 0.4) is 0 Å². The average molecular weight is 440 g/mol. The first kappa shape index (κ1) is 23.7. The largest absolute Gasteiger partial charge is 0.447 e. The fourth-order valence-corrected chi connectivity index (χ4v) is 4.24. The van der Waals surface area contributed by atoms with E-state index in [2.05, 4.69) is 24.0 Å². The molecule has 7 heteroatoms. The molecular formula is C25H33N3O4. The molecule has 32 heavy (non-hydrogen) atoms. The molecule has 0 aliphatic carbocycles. The lowest BCUT2D eigenvalue weighted by Crippen LogP contribution is -2.45. The number of hydrogen-bond donors (Lipinski definition) is 0. The number of piperidine rings is 1. The van der Waals surface area contributed by atoms with Crippen molar-refractivity contribution in [3.63, 3.8) is 0 Å². The van der Waals surface area contributed by atoms with E-state index in [-0.39, 0.29) is 30.6 Å². The molecule has 172 valence electrons. The van der Waals surface area contributed by atoms with Crippen LogP contribution >= 0.6 is 0 Å². The van der Waals surface area contributed by atoms with Crippen LogP contribution in [-0.4, -0.2) is 67.2 Å². The van der Waals surface area contributed by atoms with E-state index in [0.29, 0.717) is 32.5 Å². The minimum absolute atomic E-state index is 0.0794. The van der Waals surface area contributed by atoms with Crippen molar-refractivity contribution in [2.75, 3.05) is 40.5 Å². The van der Waals surface area contributed by atoms with Gasteiger partial charge in [0.1, 0.15) is 6.61 Å². The lowest BCUT2D eigenvalue weighted by atomic mass is 9.91. The minimum Gasteiger partial charge on any atom is -0.447 e. The van der Waals surface area contributed by atoms with Crippen molar-refractivity contribution in [2.24, 2.45) is 5.92 Å². The number of pyridine rings is 1. The number of benzene rings is 1. The second kappa shape index (κ2) is 11.1. The number of carbonyl (C=O) groups is 2. The van der Waals surface area contributed by atoms with Gasteiger partial charge in [0.2, 0.25) is 5.91 Å². The van der Waals surface area contributed by atoms with Crippen LogP contribution in [0.15, 0.2) is 42.6 Å². The van der Waals surface area contributed by atoms with Crippen LogP contribution in [0, 0.1) is 19.8 Å². The molecular weight excluding hydrogens is 406 g/mol. The third-order valence-electron chi connectivity index (χ3n) is 6.14. The Morgan fingerprint density at radius 2 is 1.78 bits per heavy atom. The van der Waals surface area contributed by atoms with Gasteiger partial charge in [-0.15, -0.1) is 0 Å². The third-order valence-corrected chi connectivity index (χ3v) is 6.14. The van der Waals surface area contributed by atoms with E-state index in [1.165, 1.54) is 0 Å². The first-order chi connectivity index (χ1) is 15.4. The Balaban J connectivity index is 1.74. The number of hydrogen-bond acceptors (Lipinski definition) is 5. The standard InChI is InChI=1S/C25H33N3O4/c1-18-8-5-6-10-21(18)23(22-19(2)9-7-13-26-22)27(3)24(29)20-11-14-28(15-12-20)25(30)32-17-16-31-4/h5-10,13,20,23H,11-12,14-17H2,1-4H3. The van der Waals surface area contributed by atoms with Crippen molar-refractivity contribution in [3.8, 4) is 0 Å². The molecule has 2 amide bonds. The van der Waals surface area contributed by atoms with E-state index in [1.54, 1.807) is 18.2 Å². The Hall–Kier alpha value is -2.93. The summed E-state index contributed by atoms with van der Waals surface area (Å²) in [6.07, 6.45) is 2.66. The molecule has 0 spiro atoms. The van der Waals surface area contributed by atoms with Gasteiger partial charge in [0, 0.05) is 39.4 Å². The molecule has 7 nitrogen and oxygen atoms in total. The normalized spacial score (nSPS) is 15.3. The molecule has 0 N–H and O–H groups in total. The Kier molecular flexibility index (Phi) is 8.22. The smallest absolute Gasteiger partial charge is 0.409 e. The first-order valence-electron chi connectivity index (χ1n) is 11.1. The van der Waals surface area contributed by atoms with Crippen LogP contribution < -0.4 is 0 Å². The number of ether oxygens (including phenoxy) is 2. The van der Waals surface area contributed by atoms with Gasteiger partial charge < -0.3 is 19.3 Å². The van der Waals surface area contributed by atoms with Crippen LogP contribution in [0.25, 0.3) is 0 Å². The quantitative estimate of drug-likeness (QED) is 0.615. The number of aromatic nitrogens is 1. The number of amides is 2. The fraction of sp³-hybridized carbons (Fsp3) is 0.480. The van der Waals surface area contributed by atoms with Gasteiger partial charge >= 0.3 is 6.09 Å². The summed E-state index contributed by atoms with van der Waals surface area (Å²) < 4.78 is 10.1. The molecule has 0 bridgehead atoms. The van der Waals surface area contributed by atoms with E-state index >= 15 is 0 Å². The van der Waals surface area contributed by atoms with E-state index in [0.717, 1.165) is 22.4 Å². The summed E-state index contributed by atoms with van der Waals surface area (Å²) in [4.78, 5) is 33.9. The summed E-state index contributed by atoms with van der Waals surface area (Å²) in [5, 5.41) is 0. The van der Waals surface area contributed by atoms with E-state index in [1.807, 2.05) is 43.1 Å². The van der Waals surface area contributed by atoms with Crippen LogP contribution in [0.5, 0.6) is 0 Å². The summed E-state index contributed by atoms with van der Waals surface area (Å²) in [6, 6.07) is 11.8. The number of rotatable bonds is 7. The van der Waals surface area contributed by atoms with Crippen LogP contribution in [-0.2, 0) is 14.3 Å². The lowest BCUT2D eigenvalue weighted by molar-refractivity contribution is -0.137. The summed E-state index contributed by atoms with van der Waals surface area (Å²) in [5.74, 6) is -0.0609. The van der Waals surface area contributed by atoms with Gasteiger partial charge in [-0.3, -0.25) is 9.78 Å². The molecule has 1 aromatic heterocycles. The topological polar surface area (TPSA) is 72.0 Å². The van der Waals surface area contributed by atoms with Gasteiger partial charge in [-0.2, -0.15) is 0 Å². The third kappa shape index (κ3) is 5.46. The van der Waals surface area contributed by atoms with Crippen LogP contribution in [0.2, 0.25) is 0 Å². The molecule has 2 heterocycles. The Morgan fingerprint density at radius 3 is 2.44 bits per heavy atom. The zero-order valence-electron chi connectivity index (χ0n) is 19.4. The average Bonchev–Trinajstić information content (AvgIpc) is 2.81. The second-order valence-electron chi connectivity index (χ2n) is 8.28. The molecule has 1 aromatic carbocycles. The summed E-state index contributed by atoms with van der Waals surface area (Å²) in [6.45, 7) is 5.71. The maximum atomic E-state index is 13.5. The zero-order valence-corrected chi connectivity index (χ0v) is 19.4. The van der Waals surface area contributed by atoms with Crippen molar-refractivity contribution in [3.05, 3.63) is 65.0 Å². The molecule has 2 aromatic rings. The summed E-state index contributed by atoms with van der Waals surface area (Å²) in [7, 11) is 3.43. The summed E-state index contributed by atoms with van der Waals surface area (Å²) >= 11 is 0. The molecule has 1 unspecified atom stereocenters. The molecule has 1 fully saturated rings. The fourth-order valence-electron chi connectivity index (χ4n) is 4.24. The van der Waals surface area contributed by atoms with Crippen molar-refractivity contribution in [2.45, 2.75) is 32.7 Å². The lowest BCUT2D eigenvalue weighted by Gasteiger charge is -2.36. The summed E-state index contributed by atoms with van der Waals surface area (Å²) in [5.41, 5.74) is 4.13. The van der Waals surface area contributed by atoms with E-state index in [4.69, 9.17) is 9.47 Å². The van der Waals surface area contributed by atoms with E-state index in [9.17, 15) is 9.59 Å². The molecule has 1 aliphatic rings. The van der Waals surface area contributed by atoms with E-state index < -0.39 is 0 Å². The van der Waals surface area contributed by atoms with Gasteiger partial charge in [-0.25, -0.2) is 4.79 Å². The number of carbonyl (C=O) groups excluding carboxylic acids is 2. The molecule has 0 saturated carbocycles. The molecule has 0 radical (unpaired) electrons. The van der Waals surface area contributed by atoms with Crippen molar-refractivity contribution >= 4 is 12.0 Å². The highest BCUT2D eigenvalue weighted by atomic mass is 16.6. The molecule has 1 saturated heterocycles. The second-order valence-corrected chi connectivity index (χ2v) is 8.28. The predicted octanol–water partition coefficient (Wildman–Crippen LogP) is 3.74. The van der Waals surface area contributed by atoms with Crippen LogP contribution in [0.4, 0.5) is 4.79 Å². The maximum Gasteiger partial charge on any atom is 0.409 e. The number of methoxy groups -OCH3 is 1. The number of aryl methyl sites for hydroxylation is 2. The molecule has 3 rings (SSSR count). The highest BCUT2D eigenvalue weighted by Crippen LogP contribution is 2.33. The zero-order chi connectivity index (χ0) is 23.1. The highest BCUT2D eigenvalue weighted by molar-refractivity contribution is 5.80. The Morgan fingerprint density at radius 1 is 1.09 bits per heavy atom. The van der Waals surface area contributed by atoms with Gasteiger partial charge in [0.15, 0.2) is 0 Å². The predicted molar refractivity (Wildman–Crippen MR) is 122 cm³/mol. The van der Waals surface area contributed by atoms with Gasteiger partial charge in [0.05, 0.1) is 18.3 Å². The Bertz CT molecular complexity index is 879. The molecule has 1 atom stereocenters. The van der Waals surface area contributed by atoms with Crippen molar-refractivity contribution in [1.29, 1.82) is 0 Å². The van der Waals surface area contributed by atoms with Gasteiger partial charge in [0.25, 0.3) is 0 Å². The Labute approximate surface area is 190 Å². The maximum absolute atomic E-state index is 13.5. The first-order valence-corrected chi connectivity index (χ1v) is 11.1. The van der Waals surface area contributed by atoms with Crippen molar-refractivity contribution < 1.29 is 19.1 Å².